The van der Waals surface area contributed by atoms with Crippen molar-refractivity contribution in [3.63, 3.8) is 0 Å². The molecule has 0 aliphatic heterocycles. The second kappa shape index (κ2) is 14.0. The van der Waals surface area contributed by atoms with Crippen LogP contribution in [-0.4, -0.2) is 71.7 Å². The molecule has 0 fully saturated rings. The average molecular weight is 287 g/mol. The predicted octanol–water partition coefficient (Wildman–Crippen LogP) is 0.841. The number of ether oxygens (including phenoxy) is 4. The van der Waals surface area contributed by atoms with Crippen LogP contribution in [0.15, 0.2) is 24.4 Å². The third kappa shape index (κ3) is 11.7. The van der Waals surface area contributed by atoms with E-state index in [-0.39, 0.29) is 12.6 Å². The first-order valence-corrected chi connectivity index (χ1v) is 6.47. The highest BCUT2D eigenvalue weighted by molar-refractivity contribution is 5.82. The fourth-order valence-corrected chi connectivity index (χ4v) is 1.26. The molecule has 0 aliphatic carbocycles. The van der Waals surface area contributed by atoms with E-state index in [2.05, 4.69) is 0 Å². The molecular weight excluding hydrogens is 262 g/mol. The van der Waals surface area contributed by atoms with Gasteiger partial charge in [0, 0.05) is 40.5 Å². The zero-order valence-electron chi connectivity index (χ0n) is 12.5. The van der Waals surface area contributed by atoms with Gasteiger partial charge < -0.3 is 23.8 Å². The van der Waals surface area contributed by atoms with Crippen LogP contribution in [0.3, 0.4) is 0 Å². The van der Waals surface area contributed by atoms with Crippen LogP contribution in [0.25, 0.3) is 0 Å². The fourth-order valence-electron chi connectivity index (χ4n) is 1.26. The van der Waals surface area contributed by atoms with Gasteiger partial charge in [0.1, 0.15) is 6.61 Å². The van der Waals surface area contributed by atoms with Crippen molar-refractivity contribution in [3.05, 3.63) is 24.4 Å². The smallest absolute Gasteiger partial charge is 0.330 e. The summed E-state index contributed by atoms with van der Waals surface area (Å²) in [6.45, 7) is 3.47. The van der Waals surface area contributed by atoms with Crippen LogP contribution < -0.4 is 0 Å². The van der Waals surface area contributed by atoms with Crippen molar-refractivity contribution in [1.29, 1.82) is 0 Å². The maximum absolute atomic E-state index is 11.3. The monoisotopic (exact) mass is 287 g/mol. The van der Waals surface area contributed by atoms with E-state index in [0.717, 1.165) is 13.1 Å². The Bertz CT molecular complexity index is 283. The molecule has 0 saturated heterocycles. The Morgan fingerprint density at radius 2 is 1.50 bits per heavy atom. The van der Waals surface area contributed by atoms with Gasteiger partial charge in [0.2, 0.25) is 0 Å². The first kappa shape index (κ1) is 18.6. The third-order valence-corrected chi connectivity index (χ3v) is 2.34. The number of allylic oxidation sites excluding steroid dienone is 2. The Morgan fingerprint density at radius 1 is 0.900 bits per heavy atom. The molecule has 0 bridgehead atoms. The normalized spacial score (nSPS) is 11.3. The van der Waals surface area contributed by atoms with E-state index in [1.54, 1.807) is 33.5 Å². The van der Waals surface area contributed by atoms with Crippen molar-refractivity contribution in [2.45, 2.75) is 0 Å². The molecule has 0 amide bonds. The summed E-state index contributed by atoms with van der Waals surface area (Å²) in [6, 6.07) is 0. The molecular formula is C14H25NO5. The van der Waals surface area contributed by atoms with Gasteiger partial charge >= 0.3 is 5.97 Å². The van der Waals surface area contributed by atoms with Crippen LogP contribution in [0.2, 0.25) is 0 Å². The third-order valence-electron chi connectivity index (χ3n) is 2.34. The number of hydrogen-bond acceptors (Lipinski definition) is 6. The largest absolute Gasteiger partial charge is 0.460 e. The van der Waals surface area contributed by atoms with E-state index in [1.807, 2.05) is 11.1 Å². The lowest BCUT2D eigenvalue weighted by Crippen LogP contribution is -2.25. The highest BCUT2D eigenvalue weighted by Gasteiger charge is 1.98. The average Bonchev–Trinajstić information content (AvgIpc) is 2.45. The molecule has 0 heterocycles. The molecule has 0 unspecified atom stereocenters. The maximum atomic E-state index is 11.3. The molecule has 0 rings (SSSR count). The van der Waals surface area contributed by atoms with Crippen LogP contribution in [0.1, 0.15) is 0 Å². The zero-order chi connectivity index (χ0) is 15.1. The number of methoxy groups -OCH3 is 3. The topological polar surface area (TPSA) is 57.2 Å². The number of rotatable bonds is 12. The lowest BCUT2D eigenvalue weighted by atomic mass is 10.4. The van der Waals surface area contributed by atoms with Gasteiger partial charge in [-0.2, -0.15) is 0 Å². The van der Waals surface area contributed by atoms with E-state index in [4.69, 9.17) is 18.9 Å². The van der Waals surface area contributed by atoms with Gasteiger partial charge in [-0.1, -0.05) is 6.08 Å². The van der Waals surface area contributed by atoms with Gasteiger partial charge in [-0.25, -0.2) is 4.79 Å². The standard InChI is InChI=1S/C14H25NO5/c1-17-10-8-15(9-11-18-2)7-5-4-6-14(16)20-13-12-19-3/h4-7H,8-13H2,1-3H3/b6-4+,7-5+. The number of carbonyl (C=O) groups excluding carboxylic acids is 1. The molecule has 0 aromatic rings. The van der Waals surface area contributed by atoms with E-state index in [0.29, 0.717) is 19.8 Å². The summed E-state index contributed by atoms with van der Waals surface area (Å²) in [5, 5.41) is 0. The lowest BCUT2D eigenvalue weighted by molar-refractivity contribution is -0.138. The molecule has 0 spiro atoms. The Kier molecular flexibility index (Phi) is 13.1. The summed E-state index contributed by atoms with van der Waals surface area (Å²) in [4.78, 5) is 13.3. The summed E-state index contributed by atoms with van der Waals surface area (Å²) in [7, 11) is 4.88. The van der Waals surface area contributed by atoms with Crippen molar-refractivity contribution in [3.8, 4) is 0 Å². The van der Waals surface area contributed by atoms with Gasteiger partial charge in [0.05, 0.1) is 19.8 Å². The SMILES string of the molecule is COCCOC(=O)/C=C/C=C/N(CCOC)CCOC. The highest BCUT2D eigenvalue weighted by atomic mass is 16.6. The van der Waals surface area contributed by atoms with Crippen molar-refractivity contribution in [1.82, 2.24) is 4.90 Å². The molecule has 0 radical (unpaired) electrons. The van der Waals surface area contributed by atoms with Crippen molar-refractivity contribution >= 4 is 5.97 Å². The molecule has 6 nitrogen and oxygen atoms in total. The van der Waals surface area contributed by atoms with E-state index < -0.39 is 0 Å². The maximum Gasteiger partial charge on any atom is 0.330 e. The second-order valence-corrected chi connectivity index (χ2v) is 3.88. The first-order chi connectivity index (χ1) is 9.74. The number of hydrogen-bond donors (Lipinski definition) is 0. The molecule has 20 heavy (non-hydrogen) atoms. The van der Waals surface area contributed by atoms with Crippen molar-refractivity contribution < 1.29 is 23.7 Å². The van der Waals surface area contributed by atoms with Crippen LogP contribution in [0, 0.1) is 0 Å². The predicted molar refractivity (Wildman–Crippen MR) is 76.4 cm³/mol. The van der Waals surface area contributed by atoms with Gasteiger partial charge in [-0.05, 0) is 12.3 Å². The first-order valence-electron chi connectivity index (χ1n) is 6.47. The van der Waals surface area contributed by atoms with Crippen LogP contribution in [0.5, 0.6) is 0 Å². The van der Waals surface area contributed by atoms with Gasteiger partial charge in [0.25, 0.3) is 0 Å². The second-order valence-electron chi connectivity index (χ2n) is 3.88. The number of nitrogens with zero attached hydrogens (tertiary/aromatic N) is 1. The molecule has 116 valence electrons. The lowest BCUT2D eigenvalue weighted by Gasteiger charge is -2.18. The Balaban J connectivity index is 4.02. The molecule has 6 heteroatoms. The van der Waals surface area contributed by atoms with E-state index in [9.17, 15) is 4.79 Å². The van der Waals surface area contributed by atoms with Crippen LogP contribution in [-0.2, 0) is 23.7 Å². The summed E-state index contributed by atoms with van der Waals surface area (Å²) in [6.07, 6.45) is 6.68. The Morgan fingerprint density at radius 3 is 2.05 bits per heavy atom. The summed E-state index contributed by atoms with van der Waals surface area (Å²) >= 11 is 0. The molecule has 0 N–H and O–H groups in total. The minimum Gasteiger partial charge on any atom is -0.460 e. The number of esters is 1. The highest BCUT2D eigenvalue weighted by Crippen LogP contribution is 1.92. The van der Waals surface area contributed by atoms with E-state index in [1.165, 1.54) is 6.08 Å². The van der Waals surface area contributed by atoms with Gasteiger partial charge in [0.15, 0.2) is 0 Å². The van der Waals surface area contributed by atoms with Crippen molar-refractivity contribution in [2.24, 2.45) is 0 Å². The van der Waals surface area contributed by atoms with E-state index >= 15 is 0 Å². The molecule has 0 aliphatic rings. The Labute approximate surface area is 120 Å². The molecule has 0 aromatic heterocycles. The summed E-state index contributed by atoms with van der Waals surface area (Å²) in [5.74, 6) is -0.382. The van der Waals surface area contributed by atoms with Gasteiger partial charge in [-0.3, -0.25) is 0 Å². The molecule has 0 saturated carbocycles. The molecule has 0 aromatic carbocycles. The number of carbonyl (C=O) groups is 1. The molecule has 0 atom stereocenters. The summed E-state index contributed by atoms with van der Waals surface area (Å²) < 4.78 is 19.7. The Hall–Kier alpha value is -1.37. The minimum absolute atomic E-state index is 0.261. The van der Waals surface area contributed by atoms with Crippen LogP contribution in [0.4, 0.5) is 0 Å². The quantitative estimate of drug-likeness (QED) is 0.229. The zero-order valence-corrected chi connectivity index (χ0v) is 12.5. The van der Waals surface area contributed by atoms with Crippen molar-refractivity contribution in [2.75, 3.05) is 60.8 Å². The van der Waals surface area contributed by atoms with Crippen LogP contribution >= 0.6 is 0 Å². The fraction of sp³-hybridized carbons (Fsp3) is 0.643. The summed E-state index contributed by atoms with van der Waals surface area (Å²) in [5.41, 5.74) is 0. The minimum atomic E-state index is -0.382. The van der Waals surface area contributed by atoms with Gasteiger partial charge in [-0.15, -0.1) is 0 Å².